The maximum Gasteiger partial charge on any atom is 0.253 e. The van der Waals surface area contributed by atoms with E-state index in [1.807, 2.05) is 60.4 Å². The third-order valence-electron chi connectivity index (χ3n) is 4.91. The van der Waals surface area contributed by atoms with E-state index in [1.165, 1.54) is 0 Å². The van der Waals surface area contributed by atoms with Crippen molar-refractivity contribution < 1.29 is 9.59 Å². The number of benzene rings is 2. The normalized spacial score (nSPS) is 14.7. The number of ketones is 1. The Morgan fingerprint density at radius 1 is 1.04 bits per heavy atom. The highest BCUT2D eigenvalue weighted by molar-refractivity contribution is 5.98. The van der Waals surface area contributed by atoms with Crippen LogP contribution in [0.2, 0.25) is 0 Å². The second-order valence-electron chi connectivity index (χ2n) is 6.63. The van der Waals surface area contributed by atoms with E-state index < -0.39 is 0 Å². The molecule has 0 N–H and O–H groups in total. The first-order chi connectivity index (χ1) is 12.6. The molecule has 1 fully saturated rings. The smallest absolute Gasteiger partial charge is 0.253 e. The summed E-state index contributed by atoms with van der Waals surface area (Å²) in [6, 6.07) is 17.4. The summed E-state index contributed by atoms with van der Waals surface area (Å²) in [5.74, 6) is 0.174. The predicted molar refractivity (Wildman–Crippen MR) is 101 cm³/mol. The number of amides is 1. The lowest BCUT2D eigenvalue weighted by atomic mass is 9.96. The van der Waals surface area contributed by atoms with E-state index in [4.69, 9.17) is 5.26 Å². The van der Waals surface area contributed by atoms with E-state index in [1.54, 1.807) is 0 Å². The number of Topliss-reactive ketones (excluding diaryl/α,β-unsaturated/α-hetero) is 1. The van der Waals surface area contributed by atoms with Gasteiger partial charge >= 0.3 is 0 Å². The van der Waals surface area contributed by atoms with Crippen LogP contribution in [0.5, 0.6) is 0 Å². The van der Waals surface area contributed by atoms with Crippen molar-refractivity contribution in [1.82, 2.24) is 4.90 Å². The van der Waals surface area contributed by atoms with Crippen molar-refractivity contribution >= 4 is 11.7 Å². The molecular weight excluding hydrogens is 324 g/mol. The molecule has 0 radical (unpaired) electrons. The maximum atomic E-state index is 12.8. The molecule has 2 aromatic rings. The van der Waals surface area contributed by atoms with Gasteiger partial charge in [-0.2, -0.15) is 5.26 Å². The predicted octanol–water partition coefficient (Wildman–Crippen LogP) is 4.32. The van der Waals surface area contributed by atoms with Crippen LogP contribution < -0.4 is 0 Å². The van der Waals surface area contributed by atoms with Gasteiger partial charge in [0.2, 0.25) is 0 Å². The molecule has 1 amide bonds. The first kappa shape index (κ1) is 17.9. The summed E-state index contributed by atoms with van der Waals surface area (Å²) in [6.45, 7) is 3.10. The SMILES string of the molecule is CCC(=O)c1cccc(-c2cccc(C(=O)N3CCC(C#N)CC3)c2)c1. The first-order valence-electron chi connectivity index (χ1n) is 9.05. The Morgan fingerprint density at radius 2 is 1.62 bits per heavy atom. The van der Waals surface area contributed by atoms with Crippen LogP contribution in [0, 0.1) is 17.2 Å². The lowest BCUT2D eigenvalue weighted by molar-refractivity contribution is 0.0707. The minimum atomic E-state index is 0.00373. The number of hydrogen-bond donors (Lipinski definition) is 0. The molecule has 0 saturated carbocycles. The van der Waals surface area contributed by atoms with Crippen molar-refractivity contribution in [2.24, 2.45) is 5.92 Å². The molecule has 4 nitrogen and oxygen atoms in total. The van der Waals surface area contributed by atoms with Crippen molar-refractivity contribution in [3.63, 3.8) is 0 Å². The zero-order chi connectivity index (χ0) is 18.5. The minimum absolute atomic E-state index is 0.00373. The lowest BCUT2D eigenvalue weighted by Crippen LogP contribution is -2.38. The van der Waals surface area contributed by atoms with Gasteiger partial charge in [0, 0.05) is 36.6 Å². The summed E-state index contributed by atoms with van der Waals surface area (Å²) in [7, 11) is 0. The minimum Gasteiger partial charge on any atom is -0.339 e. The number of likely N-dealkylation sites (tertiary alicyclic amines) is 1. The molecule has 0 bridgehead atoms. The van der Waals surface area contributed by atoms with Crippen LogP contribution >= 0.6 is 0 Å². The molecule has 0 aromatic heterocycles. The average molecular weight is 346 g/mol. The second-order valence-corrected chi connectivity index (χ2v) is 6.63. The van der Waals surface area contributed by atoms with E-state index in [9.17, 15) is 9.59 Å². The van der Waals surface area contributed by atoms with Gasteiger partial charge in [0.05, 0.1) is 6.07 Å². The van der Waals surface area contributed by atoms with Crippen LogP contribution in [0.3, 0.4) is 0 Å². The van der Waals surface area contributed by atoms with Crippen LogP contribution in [-0.2, 0) is 0 Å². The highest BCUT2D eigenvalue weighted by atomic mass is 16.2. The van der Waals surface area contributed by atoms with Gasteiger partial charge in [0.25, 0.3) is 5.91 Å². The number of piperidine rings is 1. The van der Waals surface area contributed by atoms with Crippen molar-refractivity contribution in [1.29, 1.82) is 5.26 Å². The summed E-state index contributed by atoms with van der Waals surface area (Å²) in [5.41, 5.74) is 3.20. The molecule has 0 aliphatic carbocycles. The molecule has 1 saturated heterocycles. The zero-order valence-electron chi connectivity index (χ0n) is 14.9. The quantitative estimate of drug-likeness (QED) is 0.775. The van der Waals surface area contributed by atoms with Crippen LogP contribution in [0.1, 0.15) is 46.9 Å². The van der Waals surface area contributed by atoms with E-state index >= 15 is 0 Å². The Labute approximate surface area is 154 Å². The van der Waals surface area contributed by atoms with E-state index in [2.05, 4.69) is 6.07 Å². The summed E-state index contributed by atoms with van der Waals surface area (Å²) >= 11 is 0. The molecule has 0 unspecified atom stereocenters. The third-order valence-corrected chi connectivity index (χ3v) is 4.91. The number of carbonyl (C=O) groups is 2. The fourth-order valence-corrected chi connectivity index (χ4v) is 3.30. The Hall–Kier alpha value is -2.93. The molecule has 0 spiro atoms. The third kappa shape index (κ3) is 3.83. The summed E-state index contributed by atoms with van der Waals surface area (Å²) in [4.78, 5) is 26.6. The van der Waals surface area contributed by atoms with Crippen LogP contribution in [-0.4, -0.2) is 29.7 Å². The zero-order valence-corrected chi connectivity index (χ0v) is 14.9. The van der Waals surface area contributed by atoms with Gasteiger partial charge in [-0.25, -0.2) is 0 Å². The van der Waals surface area contributed by atoms with Crippen molar-refractivity contribution in [3.8, 4) is 17.2 Å². The van der Waals surface area contributed by atoms with Gasteiger partial charge in [-0.1, -0.05) is 37.3 Å². The Balaban J connectivity index is 1.82. The van der Waals surface area contributed by atoms with Gasteiger partial charge < -0.3 is 4.90 Å². The molecule has 26 heavy (non-hydrogen) atoms. The standard InChI is InChI=1S/C22H22N2O2/c1-2-21(25)19-7-3-5-17(13-19)18-6-4-8-20(14-18)22(26)24-11-9-16(15-23)10-12-24/h3-8,13-14,16H,2,9-12H2,1H3. The van der Waals surface area contributed by atoms with Gasteiger partial charge in [0.1, 0.15) is 0 Å². The summed E-state index contributed by atoms with van der Waals surface area (Å²) < 4.78 is 0. The summed E-state index contributed by atoms with van der Waals surface area (Å²) in [5, 5.41) is 9.00. The molecule has 2 aromatic carbocycles. The highest BCUT2D eigenvalue weighted by Crippen LogP contribution is 2.24. The van der Waals surface area contributed by atoms with Crippen molar-refractivity contribution in [2.45, 2.75) is 26.2 Å². The molecule has 1 aliphatic rings. The van der Waals surface area contributed by atoms with Gasteiger partial charge in [-0.15, -0.1) is 0 Å². The van der Waals surface area contributed by atoms with Gasteiger partial charge in [0.15, 0.2) is 5.78 Å². The van der Waals surface area contributed by atoms with Crippen LogP contribution in [0.15, 0.2) is 48.5 Å². The Morgan fingerprint density at radius 3 is 2.19 bits per heavy atom. The van der Waals surface area contributed by atoms with E-state index in [-0.39, 0.29) is 17.6 Å². The molecule has 3 rings (SSSR count). The summed E-state index contributed by atoms with van der Waals surface area (Å²) in [6.07, 6.45) is 1.95. The molecule has 0 atom stereocenters. The highest BCUT2D eigenvalue weighted by Gasteiger charge is 2.23. The monoisotopic (exact) mass is 346 g/mol. The molecule has 4 heteroatoms. The number of hydrogen-bond acceptors (Lipinski definition) is 3. The van der Waals surface area contributed by atoms with Crippen LogP contribution in [0.25, 0.3) is 11.1 Å². The largest absolute Gasteiger partial charge is 0.339 e. The number of nitriles is 1. The van der Waals surface area contributed by atoms with Crippen molar-refractivity contribution in [3.05, 3.63) is 59.7 Å². The number of rotatable bonds is 4. The molecule has 1 aliphatic heterocycles. The second kappa shape index (κ2) is 7.97. The Kier molecular flexibility index (Phi) is 5.48. The Bertz CT molecular complexity index is 858. The van der Waals surface area contributed by atoms with E-state index in [0.29, 0.717) is 30.6 Å². The number of nitrogens with zero attached hydrogens (tertiary/aromatic N) is 2. The van der Waals surface area contributed by atoms with Gasteiger partial charge in [-0.3, -0.25) is 9.59 Å². The lowest BCUT2D eigenvalue weighted by Gasteiger charge is -2.29. The fourth-order valence-electron chi connectivity index (χ4n) is 3.30. The maximum absolute atomic E-state index is 12.8. The van der Waals surface area contributed by atoms with E-state index in [0.717, 1.165) is 24.0 Å². The number of carbonyl (C=O) groups excluding carboxylic acids is 2. The van der Waals surface area contributed by atoms with Gasteiger partial charge in [-0.05, 0) is 42.2 Å². The topological polar surface area (TPSA) is 61.2 Å². The molecule has 1 heterocycles. The average Bonchev–Trinajstić information content (AvgIpc) is 2.73. The fraction of sp³-hybridized carbons (Fsp3) is 0.318. The molecule has 132 valence electrons. The molecular formula is C22H22N2O2. The van der Waals surface area contributed by atoms with Crippen LogP contribution in [0.4, 0.5) is 0 Å². The first-order valence-corrected chi connectivity index (χ1v) is 9.05. The van der Waals surface area contributed by atoms with Crippen molar-refractivity contribution in [2.75, 3.05) is 13.1 Å².